The number of para-hydroxylation sites is 1. The van der Waals surface area contributed by atoms with E-state index in [0.717, 1.165) is 0 Å². The first-order valence-corrected chi connectivity index (χ1v) is 6.81. The van der Waals surface area contributed by atoms with Crippen LogP contribution in [0.25, 0.3) is 10.8 Å². The van der Waals surface area contributed by atoms with Crippen LogP contribution in [0.5, 0.6) is 5.75 Å². The Hall–Kier alpha value is -3.41. The number of hydrogen-bond acceptors (Lipinski definition) is 5. The highest BCUT2D eigenvalue weighted by Gasteiger charge is 2.10. The Balaban J connectivity index is 2.11. The summed E-state index contributed by atoms with van der Waals surface area (Å²) in [4.78, 5) is 11.0. The van der Waals surface area contributed by atoms with Crippen molar-refractivity contribution in [3.8, 4) is 5.75 Å². The van der Waals surface area contributed by atoms with Gasteiger partial charge in [0.2, 0.25) is 0 Å². The lowest BCUT2D eigenvalue weighted by atomic mass is 10.1. The molecule has 0 amide bonds. The van der Waals surface area contributed by atoms with Crippen molar-refractivity contribution in [3.05, 3.63) is 60.2 Å². The van der Waals surface area contributed by atoms with E-state index >= 15 is 0 Å². The molecular formula is C17H13N3O3. The van der Waals surface area contributed by atoms with Crippen LogP contribution in [-0.4, -0.2) is 16.2 Å². The van der Waals surface area contributed by atoms with Gasteiger partial charge < -0.3 is 15.9 Å². The molecule has 0 spiro atoms. The van der Waals surface area contributed by atoms with Crippen molar-refractivity contribution in [1.29, 1.82) is 0 Å². The third-order valence-electron chi connectivity index (χ3n) is 3.41. The Morgan fingerprint density at radius 2 is 1.78 bits per heavy atom. The molecule has 23 heavy (non-hydrogen) atoms. The second kappa shape index (κ2) is 5.76. The molecule has 6 heteroatoms. The van der Waals surface area contributed by atoms with Gasteiger partial charge in [-0.05, 0) is 35.7 Å². The standard InChI is InChI=1S/C17H13N3O3/c18-13-3-1-2-4-14(13)19-20-16-12-7-5-11(17(22)23)9-10(12)6-8-15(16)21/h1-9,21H,18H2,(H,22,23). The monoisotopic (exact) mass is 307 g/mol. The maximum Gasteiger partial charge on any atom is 0.335 e. The highest BCUT2D eigenvalue weighted by molar-refractivity contribution is 6.00. The molecule has 0 heterocycles. The summed E-state index contributed by atoms with van der Waals surface area (Å²) in [5.74, 6) is -1.06. The smallest absolute Gasteiger partial charge is 0.335 e. The normalized spacial score (nSPS) is 11.1. The number of nitrogens with zero attached hydrogens (tertiary/aromatic N) is 2. The molecule has 0 unspecified atom stereocenters. The Kier molecular flexibility index (Phi) is 3.64. The number of rotatable bonds is 3. The second-order valence-electron chi connectivity index (χ2n) is 4.93. The molecule has 0 fully saturated rings. The van der Waals surface area contributed by atoms with Crippen LogP contribution < -0.4 is 5.73 Å². The molecule has 3 rings (SSSR count). The van der Waals surface area contributed by atoms with E-state index < -0.39 is 5.97 Å². The maximum atomic E-state index is 11.0. The zero-order valence-corrected chi connectivity index (χ0v) is 12.0. The van der Waals surface area contributed by atoms with E-state index in [2.05, 4.69) is 10.2 Å². The minimum atomic E-state index is -1.01. The summed E-state index contributed by atoms with van der Waals surface area (Å²) in [5, 5.41) is 28.5. The van der Waals surface area contributed by atoms with Crippen LogP contribution in [0.3, 0.4) is 0 Å². The number of benzene rings is 3. The first kappa shape index (κ1) is 14.5. The zero-order valence-electron chi connectivity index (χ0n) is 12.0. The lowest BCUT2D eigenvalue weighted by molar-refractivity contribution is 0.0697. The molecular weight excluding hydrogens is 294 g/mol. The van der Waals surface area contributed by atoms with Gasteiger partial charge in [-0.1, -0.05) is 24.3 Å². The van der Waals surface area contributed by atoms with Crippen LogP contribution in [0.4, 0.5) is 17.1 Å². The van der Waals surface area contributed by atoms with Crippen molar-refractivity contribution in [2.24, 2.45) is 10.2 Å². The lowest BCUT2D eigenvalue weighted by Gasteiger charge is -2.05. The molecule has 0 aromatic heterocycles. The van der Waals surface area contributed by atoms with E-state index in [-0.39, 0.29) is 17.0 Å². The molecule has 0 atom stereocenters. The van der Waals surface area contributed by atoms with Gasteiger partial charge in [-0.3, -0.25) is 0 Å². The number of aromatic hydroxyl groups is 1. The lowest BCUT2D eigenvalue weighted by Crippen LogP contribution is -1.95. The highest BCUT2D eigenvalue weighted by Crippen LogP contribution is 2.37. The average molecular weight is 307 g/mol. The number of fused-ring (bicyclic) bond motifs is 1. The number of nitrogen functional groups attached to an aromatic ring is 1. The van der Waals surface area contributed by atoms with Gasteiger partial charge in [-0.25, -0.2) is 4.79 Å². The van der Waals surface area contributed by atoms with Gasteiger partial charge in [0.25, 0.3) is 0 Å². The molecule has 0 saturated carbocycles. The fourth-order valence-electron chi connectivity index (χ4n) is 2.22. The van der Waals surface area contributed by atoms with Gasteiger partial charge in [0.05, 0.1) is 11.3 Å². The summed E-state index contributed by atoms with van der Waals surface area (Å²) < 4.78 is 0. The molecule has 3 aromatic rings. The van der Waals surface area contributed by atoms with Crippen molar-refractivity contribution in [2.75, 3.05) is 5.73 Å². The predicted molar refractivity (Wildman–Crippen MR) is 87.6 cm³/mol. The van der Waals surface area contributed by atoms with Crippen LogP contribution >= 0.6 is 0 Å². The number of phenolic OH excluding ortho intramolecular Hbond substituents is 1. The molecule has 0 radical (unpaired) electrons. The molecule has 0 aliphatic rings. The van der Waals surface area contributed by atoms with Crippen LogP contribution in [0.2, 0.25) is 0 Å². The largest absolute Gasteiger partial charge is 0.506 e. The van der Waals surface area contributed by atoms with E-state index in [9.17, 15) is 9.90 Å². The summed E-state index contributed by atoms with van der Waals surface area (Å²) >= 11 is 0. The van der Waals surface area contributed by atoms with Crippen LogP contribution in [-0.2, 0) is 0 Å². The number of hydrogen-bond donors (Lipinski definition) is 3. The minimum absolute atomic E-state index is 0.0428. The number of azo groups is 1. The number of nitrogens with two attached hydrogens (primary N) is 1. The molecule has 0 aliphatic carbocycles. The number of carbonyl (C=O) groups is 1. The fraction of sp³-hybridized carbons (Fsp3) is 0. The van der Waals surface area contributed by atoms with Crippen LogP contribution in [0.1, 0.15) is 10.4 Å². The van der Waals surface area contributed by atoms with Gasteiger partial charge in [0.15, 0.2) is 0 Å². The van der Waals surface area contributed by atoms with Gasteiger partial charge in [0.1, 0.15) is 17.1 Å². The SMILES string of the molecule is Nc1ccccc1N=Nc1c(O)ccc2cc(C(=O)O)ccc12. The maximum absolute atomic E-state index is 11.0. The summed E-state index contributed by atoms with van der Waals surface area (Å²) in [7, 11) is 0. The quantitative estimate of drug-likeness (QED) is 0.496. The first-order chi connectivity index (χ1) is 11.1. The number of aromatic carboxylic acids is 1. The summed E-state index contributed by atoms with van der Waals surface area (Å²) in [6.45, 7) is 0. The summed E-state index contributed by atoms with van der Waals surface area (Å²) in [5.41, 5.74) is 7.21. The molecule has 0 aliphatic heterocycles. The second-order valence-corrected chi connectivity index (χ2v) is 4.93. The van der Waals surface area contributed by atoms with Crippen molar-refractivity contribution in [2.45, 2.75) is 0 Å². The highest BCUT2D eigenvalue weighted by atomic mass is 16.4. The van der Waals surface area contributed by atoms with E-state index in [0.29, 0.717) is 22.1 Å². The molecule has 4 N–H and O–H groups in total. The van der Waals surface area contributed by atoms with Gasteiger partial charge in [-0.15, -0.1) is 10.2 Å². The summed E-state index contributed by atoms with van der Waals surface area (Å²) in [6.07, 6.45) is 0. The van der Waals surface area contributed by atoms with Crippen molar-refractivity contribution < 1.29 is 15.0 Å². The fourth-order valence-corrected chi connectivity index (χ4v) is 2.22. The first-order valence-electron chi connectivity index (χ1n) is 6.81. The Labute approximate surface area is 131 Å². The van der Waals surface area contributed by atoms with Crippen LogP contribution in [0, 0.1) is 0 Å². The molecule has 114 valence electrons. The predicted octanol–water partition coefficient (Wildman–Crippen LogP) is 4.24. The Morgan fingerprint density at radius 3 is 2.52 bits per heavy atom. The van der Waals surface area contributed by atoms with Crippen molar-refractivity contribution in [1.82, 2.24) is 0 Å². The van der Waals surface area contributed by atoms with Crippen molar-refractivity contribution in [3.63, 3.8) is 0 Å². The van der Waals surface area contributed by atoms with Crippen LogP contribution in [0.15, 0.2) is 64.8 Å². The topological polar surface area (TPSA) is 108 Å². The van der Waals surface area contributed by atoms with E-state index in [1.807, 2.05) is 0 Å². The van der Waals surface area contributed by atoms with Gasteiger partial charge in [-0.2, -0.15) is 0 Å². The Morgan fingerprint density at radius 1 is 1.00 bits per heavy atom. The third kappa shape index (κ3) is 2.82. The van der Waals surface area contributed by atoms with Gasteiger partial charge >= 0.3 is 5.97 Å². The number of carboxylic acid groups (broad SMARTS) is 1. The minimum Gasteiger partial charge on any atom is -0.506 e. The number of phenols is 1. The molecule has 3 aromatic carbocycles. The Bertz CT molecular complexity index is 936. The number of carboxylic acids is 1. The number of anilines is 1. The van der Waals surface area contributed by atoms with Gasteiger partial charge in [0, 0.05) is 5.39 Å². The van der Waals surface area contributed by atoms with E-state index in [4.69, 9.17) is 10.8 Å². The zero-order chi connectivity index (χ0) is 16.4. The molecule has 6 nitrogen and oxygen atoms in total. The summed E-state index contributed by atoms with van der Waals surface area (Å²) in [6, 6.07) is 14.7. The van der Waals surface area contributed by atoms with Crippen molar-refractivity contribution >= 4 is 33.8 Å². The van der Waals surface area contributed by atoms with E-state index in [1.165, 1.54) is 18.2 Å². The average Bonchev–Trinajstić information content (AvgIpc) is 2.55. The molecule has 0 saturated heterocycles. The molecule has 0 bridgehead atoms. The van der Waals surface area contributed by atoms with E-state index in [1.54, 1.807) is 36.4 Å². The third-order valence-corrected chi connectivity index (χ3v) is 3.41.